The Kier molecular flexibility index (Phi) is 6.77. The van der Waals surface area contributed by atoms with Crippen LogP contribution in [0, 0.1) is 5.41 Å². The van der Waals surface area contributed by atoms with Crippen LogP contribution in [0.4, 0.5) is 11.6 Å². The molecule has 3 aromatic heterocycles. The van der Waals surface area contributed by atoms with E-state index in [9.17, 15) is 14.7 Å². The first-order chi connectivity index (χ1) is 19.7. The molecule has 11 nitrogen and oxygen atoms in total. The minimum absolute atomic E-state index is 0.132. The molecule has 0 bridgehead atoms. The maximum atomic E-state index is 13.8. The highest BCUT2D eigenvalue weighted by molar-refractivity contribution is 6.06. The fourth-order valence-corrected chi connectivity index (χ4v) is 6.52. The number of nitrogens with zero attached hydrogens (tertiary/aromatic N) is 6. The predicted molar refractivity (Wildman–Crippen MR) is 153 cm³/mol. The number of amides is 2. The van der Waals surface area contributed by atoms with E-state index >= 15 is 0 Å². The van der Waals surface area contributed by atoms with Gasteiger partial charge in [0.05, 0.1) is 12.6 Å². The van der Waals surface area contributed by atoms with Crippen molar-refractivity contribution in [2.24, 2.45) is 5.41 Å². The number of nitrogens with two attached hydrogens (primary N) is 1. The van der Waals surface area contributed by atoms with E-state index in [0.717, 1.165) is 25.7 Å². The van der Waals surface area contributed by atoms with Crippen molar-refractivity contribution in [3.05, 3.63) is 59.8 Å². The first kappa shape index (κ1) is 26.9. The molecule has 2 aliphatic heterocycles. The topological polar surface area (TPSA) is 140 Å². The minimum atomic E-state index is -0.373. The number of ether oxygens (including phenoxy) is 1. The SMILES string of the molecule is C=CC(=O)N1CCC[C@H]1COc1c(N)ncnc1-c1ccnc(N2CCn3c(cc4c3CC(C)(C)C4)C2=O)c1CO. The maximum Gasteiger partial charge on any atom is 0.276 e. The van der Waals surface area contributed by atoms with Gasteiger partial charge in [0.25, 0.3) is 5.91 Å². The second-order valence-electron chi connectivity index (χ2n) is 11.7. The standard InChI is InChI=1S/C30H35N7O4/c1-4-24(39)35-9-5-6-19(35)16-41-26-25(33-17-34-27(26)31)20-7-8-32-28(21(20)15-38)37-11-10-36-22(29(37)40)12-18-13-30(2,3)14-23(18)36/h4,7-8,12,17,19,38H,1,5-6,9-11,13-16H2,2-3H3,(H2,31,33,34)/t19-/m0/s1. The van der Waals surface area contributed by atoms with Crippen LogP contribution in [0.2, 0.25) is 0 Å². The molecule has 2 amide bonds. The summed E-state index contributed by atoms with van der Waals surface area (Å²) in [6.07, 6.45) is 7.80. The number of fused-ring (bicyclic) bond motifs is 3. The summed E-state index contributed by atoms with van der Waals surface area (Å²) >= 11 is 0. The largest absolute Gasteiger partial charge is 0.485 e. The molecule has 0 unspecified atom stereocenters. The average Bonchev–Trinajstić information content (AvgIpc) is 3.64. The van der Waals surface area contributed by atoms with E-state index in [1.54, 1.807) is 22.1 Å². The highest BCUT2D eigenvalue weighted by Crippen LogP contribution is 2.41. The zero-order valence-corrected chi connectivity index (χ0v) is 23.5. The van der Waals surface area contributed by atoms with Gasteiger partial charge in [0, 0.05) is 42.7 Å². The zero-order valence-electron chi connectivity index (χ0n) is 23.5. The number of aliphatic hydroxyl groups is 1. The van der Waals surface area contributed by atoms with E-state index < -0.39 is 0 Å². The van der Waals surface area contributed by atoms with Crippen molar-refractivity contribution in [3.8, 4) is 17.0 Å². The van der Waals surface area contributed by atoms with E-state index in [4.69, 9.17) is 10.5 Å². The monoisotopic (exact) mass is 557 g/mol. The first-order valence-electron chi connectivity index (χ1n) is 14.0. The molecule has 6 rings (SSSR count). The molecule has 5 heterocycles. The van der Waals surface area contributed by atoms with E-state index in [1.807, 2.05) is 6.07 Å². The lowest BCUT2D eigenvalue weighted by Crippen LogP contribution is -2.41. The summed E-state index contributed by atoms with van der Waals surface area (Å²) in [6, 6.07) is 3.61. The maximum absolute atomic E-state index is 13.8. The first-order valence-corrected chi connectivity index (χ1v) is 14.0. The normalized spacial score (nSPS) is 19.3. The van der Waals surface area contributed by atoms with Crippen LogP contribution in [-0.4, -0.2) is 67.1 Å². The van der Waals surface area contributed by atoms with Gasteiger partial charge in [-0.25, -0.2) is 15.0 Å². The Morgan fingerprint density at radius 2 is 2.07 bits per heavy atom. The van der Waals surface area contributed by atoms with E-state index in [0.29, 0.717) is 48.0 Å². The van der Waals surface area contributed by atoms with Gasteiger partial charge in [-0.05, 0) is 54.9 Å². The van der Waals surface area contributed by atoms with Crippen molar-refractivity contribution >= 4 is 23.5 Å². The van der Waals surface area contributed by atoms with Crippen molar-refractivity contribution < 1.29 is 19.4 Å². The molecule has 214 valence electrons. The van der Waals surface area contributed by atoms with Gasteiger partial charge in [-0.1, -0.05) is 20.4 Å². The van der Waals surface area contributed by atoms with Gasteiger partial charge in [-0.15, -0.1) is 0 Å². The molecule has 41 heavy (non-hydrogen) atoms. The van der Waals surface area contributed by atoms with Crippen molar-refractivity contribution in [2.75, 3.05) is 30.3 Å². The molecule has 1 atom stereocenters. The third kappa shape index (κ3) is 4.63. The van der Waals surface area contributed by atoms with Crippen LogP contribution in [0.1, 0.15) is 54.0 Å². The molecular weight excluding hydrogens is 522 g/mol. The second kappa shape index (κ2) is 10.3. The summed E-state index contributed by atoms with van der Waals surface area (Å²) in [5.74, 6) is 0.497. The summed E-state index contributed by atoms with van der Waals surface area (Å²) < 4.78 is 8.32. The Labute approximate surface area is 238 Å². The number of carbonyl (C=O) groups excluding carboxylic acids is 2. The van der Waals surface area contributed by atoms with Gasteiger partial charge >= 0.3 is 0 Å². The number of carbonyl (C=O) groups is 2. The smallest absolute Gasteiger partial charge is 0.276 e. The van der Waals surface area contributed by atoms with E-state index in [-0.39, 0.29) is 48.1 Å². The van der Waals surface area contributed by atoms with Crippen LogP contribution in [0.15, 0.2) is 37.3 Å². The number of aromatic nitrogens is 4. The highest BCUT2D eigenvalue weighted by Gasteiger charge is 2.38. The Hall–Kier alpha value is -4.25. The Bertz CT molecular complexity index is 1550. The van der Waals surface area contributed by atoms with Crippen LogP contribution >= 0.6 is 0 Å². The van der Waals surface area contributed by atoms with Gasteiger partial charge in [-0.2, -0.15) is 0 Å². The zero-order chi connectivity index (χ0) is 28.9. The summed E-state index contributed by atoms with van der Waals surface area (Å²) in [4.78, 5) is 42.5. The lowest BCUT2D eigenvalue weighted by molar-refractivity contribution is -0.127. The lowest BCUT2D eigenvalue weighted by Gasteiger charge is -2.31. The van der Waals surface area contributed by atoms with Crippen LogP contribution < -0.4 is 15.4 Å². The highest BCUT2D eigenvalue weighted by atomic mass is 16.5. The third-order valence-electron chi connectivity index (χ3n) is 8.41. The minimum Gasteiger partial charge on any atom is -0.485 e. The Balaban J connectivity index is 1.32. The molecule has 3 aliphatic rings. The number of aliphatic hydroxyl groups excluding tert-OH is 1. The molecule has 3 aromatic rings. The number of likely N-dealkylation sites (tertiary alicyclic amines) is 1. The fraction of sp³-hybridized carbons (Fsp3) is 0.433. The lowest BCUT2D eigenvalue weighted by atomic mass is 9.90. The van der Waals surface area contributed by atoms with Gasteiger partial charge < -0.3 is 25.0 Å². The molecule has 1 aliphatic carbocycles. The quantitative estimate of drug-likeness (QED) is 0.423. The molecule has 0 saturated carbocycles. The molecule has 0 radical (unpaired) electrons. The number of hydrogen-bond acceptors (Lipinski definition) is 8. The number of rotatable bonds is 7. The van der Waals surface area contributed by atoms with Gasteiger partial charge in [-0.3, -0.25) is 14.5 Å². The molecule has 3 N–H and O–H groups in total. The number of nitrogen functional groups attached to an aromatic ring is 1. The molecule has 0 spiro atoms. The summed E-state index contributed by atoms with van der Waals surface area (Å²) in [5, 5.41) is 10.6. The van der Waals surface area contributed by atoms with Gasteiger partial charge in [0.2, 0.25) is 5.91 Å². The number of hydrogen-bond donors (Lipinski definition) is 2. The Morgan fingerprint density at radius 1 is 1.24 bits per heavy atom. The number of anilines is 2. The summed E-state index contributed by atoms with van der Waals surface area (Å²) in [7, 11) is 0. The van der Waals surface area contributed by atoms with Crippen molar-refractivity contribution in [3.63, 3.8) is 0 Å². The predicted octanol–water partition coefficient (Wildman–Crippen LogP) is 2.76. The van der Waals surface area contributed by atoms with Crippen molar-refractivity contribution in [1.29, 1.82) is 0 Å². The molecular formula is C30H35N7O4. The van der Waals surface area contributed by atoms with Crippen molar-refractivity contribution in [2.45, 2.75) is 58.7 Å². The van der Waals surface area contributed by atoms with Gasteiger partial charge in [0.1, 0.15) is 30.1 Å². The Morgan fingerprint density at radius 3 is 2.85 bits per heavy atom. The summed E-state index contributed by atoms with van der Waals surface area (Å²) in [5.41, 5.74) is 11.0. The average molecular weight is 558 g/mol. The van der Waals surface area contributed by atoms with E-state index in [2.05, 4.69) is 39.9 Å². The van der Waals surface area contributed by atoms with Crippen LogP contribution in [0.25, 0.3) is 11.3 Å². The van der Waals surface area contributed by atoms with E-state index in [1.165, 1.54) is 23.7 Å². The van der Waals surface area contributed by atoms with Crippen LogP contribution in [0.5, 0.6) is 5.75 Å². The molecule has 1 fully saturated rings. The van der Waals surface area contributed by atoms with Crippen LogP contribution in [-0.2, 0) is 30.8 Å². The van der Waals surface area contributed by atoms with Crippen LogP contribution in [0.3, 0.4) is 0 Å². The summed E-state index contributed by atoms with van der Waals surface area (Å²) in [6.45, 7) is 9.66. The third-order valence-corrected chi connectivity index (χ3v) is 8.41. The van der Waals surface area contributed by atoms with Gasteiger partial charge in [0.15, 0.2) is 11.6 Å². The molecule has 11 heteroatoms. The van der Waals surface area contributed by atoms with Crippen molar-refractivity contribution in [1.82, 2.24) is 24.4 Å². The second-order valence-corrected chi connectivity index (χ2v) is 11.7. The molecule has 0 aromatic carbocycles. The molecule has 1 saturated heterocycles. The number of pyridine rings is 1. The fourth-order valence-electron chi connectivity index (χ4n) is 6.52.